The van der Waals surface area contributed by atoms with Crippen LogP contribution in [0.15, 0.2) is 36.4 Å². The van der Waals surface area contributed by atoms with E-state index in [9.17, 15) is 4.79 Å². The molecule has 1 N–H and O–H groups in total. The average Bonchev–Trinajstić information content (AvgIpc) is 2.38. The predicted octanol–water partition coefficient (Wildman–Crippen LogP) is 2.20. The Kier molecular flexibility index (Phi) is 6.68. The molecule has 0 saturated carbocycles. The van der Waals surface area contributed by atoms with Gasteiger partial charge in [-0.1, -0.05) is 18.2 Å². The molecule has 0 spiro atoms. The van der Waals surface area contributed by atoms with Gasteiger partial charge in [0, 0.05) is 19.2 Å². The highest BCUT2D eigenvalue weighted by atomic mass is 16.5. The first-order valence-electron chi connectivity index (χ1n) is 6.41. The quantitative estimate of drug-likeness (QED) is 0.730. The molecule has 0 fully saturated rings. The van der Waals surface area contributed by atoms with Crippen LogP contribution in [-0.2, 0) is 11.2 Å². The molecule has 1 aromatic rings. The van der Waals surface area contributed by atoms with Gasteiger partial charge in [-0.2, -0.15) is 0 Å². The van der Waals surface area contributed by atoms with Gasteiger partial charge in [0.25, 0.3) is 0 Å². The van der Waals surface area contributed by atoms with Gasteiger partial charge >= 0.3 is 5.97 Å². The van der Waals surface area contributed by atoms with Gasteiger partial charge in [0.15, 0.2) is 0 Å². The number of likely N-dealkylation sites (N-methyl/N-ethyl adjacent to an activating group) is 1. The Labute approximate surface area is 114 Å². The van der Waals surface area contributed by atoms with Crippen LogP contribution in [0.2, 0.25) is 0 Å². The van der Waals surface area contributed by atoms with Crippen LogP contribution in [0.25, 0.3) is 0 Å². The number of carboxylic acids is 1. The molecule has 0 radical (unpaired) electrons. The fraction of sp³-hybridized carbons (Fsp3) is 0.400. The summed E-state index contributed by atoms with van der Waals surface area (Å²) in [7, 11) is 1.97. The second-order valence-electron chi connectivity index (χ2n) is 4.33. The van der Waals surface area contributed by atoms with Crippen LogP contribution in [0.4, 0.5) is 0 Å². The van der Waals surface area contributed by atoms with E-state index in [-0.39, 0.29) is 0 Å². The zero-order valence-corrected chi connectivity index (χ0v) is 11.5. The summed E-state index contributed by atoms with van der Waals surface area (Å²) in [5.74, 6) is -0.0103. The Morgan fingerprint density at radius 1 is 1.37 bits per heavy atom. The summed E-state index contributed by atoms with van der Waals surface area (Å²) in [6.45, 7) is 4.17. The summed E-state index contributed by atoms with van der Waals surface area (Å²) >= 11 is 0. The minimum atomic E-state index is -0.903. The number of benzene rings is 1. The van der Waals surface area contributed by atoms with Crippen molar-refractivity contribution in [3.8, 4) is 5.75 Å². The first kappa shape index (κ1) is 15.2. The van der Waals surface area contributed by atoms with Crippen molar-refractivity contribution >= 4 is 5.97 Å². The second kappa shape index (κ2) is 8.32. The maximum Gasteiger partial charge on any atom is 0.328 e. The van der Waals surface area contributed by atoms with E-state index in [1.165, 1.54) is 11.6 Å². The van der Waals surface area contributed by atoms with Crippen molar-refractivity contribution in [2.45, 2.75) is 13.3 Å². The summed E-state index contributed by atoms with van der Waals surface area (Å²) in [5, 5.41) is 8.49. The molecule has 0 atom stereocenters. The highest BCUT2D eigenvalue weighted by Crippen LogP contribution is 2.12. The number of rotatable bonds is 8. The predicted molar refractivity (Wildman–Crippen MR) is 75.6 cm³/mol. The Bertz CT molecular complexity index is 412. The van der Waals surface area contributed by atoms with E-state index in [4.69, 9.17) is 9.84 Å². The molecule has 0 saturated heterocycles. The zero-order chi connectivity index (χ0) is 14.1. The molecule has 0 aliphatic carbocycles. The molecule has 0 heterocycles. The number of nitrogens with zero attached hydrogens (tertiary/aromatic N) is 1. The lowest BCUT2D eigenvalue weighted by Crippen LogP contribution is -2.21. The Hall–Kier alpha value is -1.81. The van der Waals surface area contributed by atoms with Gasteiger partial charge in [0.05, 0.1) is 6.61 Å². The number of aliphatic carboxylic acids is 1. The third-order valence-corrected chi connectivity index (χ3v) is 2.69. The molecule has 104 valence electrons. The van der Waals surface area contributed by atoms with E-state index in [2.05, 4.69) is 17.0 Å². The van der Waals surface area contributed by atoms with E-state index in [0.29, 0.717) is 13.2 Å². The Morgan fingerprint density at radius 2 is 2.05 bits per heavy atom. The number of hydrogen-bond acceptors (Lipinski definition) is 3. The van der Waals surface area contributed by atoms with Crippen LogP contribution in [0, 0.1) is 0 Å². The fourth-order valence-electron chi connectivity index (χ4n) is 1.66. The molecule has 19 heavy (non-hydrogen) atoms. The van der Waals surface area contributed by atoms with E-state index in [1.54, 1.807) is 6.08 Å². The van der Waals surface area contributed by atoms with Gasteiger partial charge in [0.2, 0.25) is 0 Å². The largest absolute Gasteiger partial charge is 0.494 e. The molecule has 1 aromatic carbocycles. The lowest BCUT2D eigenvalue weighted by molar-refractivity contribution is -0.131. The van der Waals surface area contributed by atoms with Crippen LogP contribution < -0.4 is 4.74 Å². The molecule has 0 aromatic heterocycles. The van der Waals surface area contributed by atoms with Crippen molar-refractivity contribution in [1.29, 1.82) is 0 Å². The van der Waals surface area contributed by atoms with Crippen molar-refractivity contribution in [2.24, 2.45) is 0 Å². The number of ether oxygens (including phenoxy) is 1. The van der Waals surface area contributed by atoms with Crippen molar-refractivity contribution in [1.82, 2.24) is 4.90 Å². The molecule has 0 aliphatic heterocycles. The van der Waals surface area contributed by atoms with Gasteiger partial charge < -0.3 is 14.7 Å². The molecule has 4 heteroatoms. The molecular formula is C15H21NO3. The average molecular weight is 263 g/mol. The Balaban J connectivity index is 2.33. The first-order chi connectivity index (χ1) is 9.11. The van der Waals surface area contributed by atoms with Gasteiger partial charge in [0.1, 0.15) is 5.75 Å². The van der Waals surface area contributed by atoms with Crippen LogP contribution >= 0.6 is 0 Å². The summed E-state index contributed by atoms with van der Waals surface area (Å²) in [6.07, 6.45) is 3.76. The third kappa shape index (κ3) is 6.62. The van der Waals surface area contributed by atoms with E-state index < -0.39 is 5.97 Å². The van der Waals surface area contributed by atoms with Crippen molar-refractivity contribution in [3.05, 3.63) is 42.0 Å². The van der Waals surface area contributed by atoms with Crippen LogP contribution in [0.5, 0.6) is 5.75 Å². The summed E-state index contributed by atoms with van der Waals surface area (Å²) in [6, 6.07) is 8.07. The lowest BCUT2D eigenvalue weighted by atomic mass is 10.1. The summed E-state index contributed by atoms with van der Waals surface area (Å²) in [5.41, 5.74) is 1.25. The summed E-state index contributed by atoms with van der Waals surface area (Å²) < 4.78 is 5.39. The fourth-order valence-corrected chi connectivity index (χ4v) is 1.66. The van der Waals surface area contributed by atoms with Gasteiger partial charge in [-0.25, -0.2) is 4.79 Å². The molecular weight excluding hydrogens is 242 g/mol. The minimum absolute atomic E-state index is 0.642. The van der Waals surface area contributed by atoms with Crippen LogP contribution in [-0.4, -0.2) is 42.7 Å². The van der Waals surface area contributed by atoms with E-state index >= 15 is 0 Å². The van der Waals surface area contributed by atoms with Crippen LogP contribution in [0.1, 0.15) is 12.5 Å². The van der Waals surface area contributed by atoms with E-state index in [0.717, 1.165) is 18.7 Å². The van der Waals surface area contributed by atoms with Crippen molar-refractivity contribution in [3.63, 3.8) is 0 Å². The molecule has 0 aliphatic rings. The first-order valence-corrected chi connectivity index (χ1v) is 6.41. The summed E-state index contributed by atoms with van der Waals surface area (Å²) in [4.78, 5) is 12.4. The topological polar surface area (TPSA) is 49.8 Å². The SMILES string of the molecule is CCOc1ccc(CCN(C)C/C=C/C(=O)O)cc1. The molecule has 0 bridgehead atoms. The smallest absolute Gasteiger partial charge is 0.328 e. The highest BCUT2D eigenvalue weighted by molar-refractivity contribution is 5.79. The minimum Gasteiger partial charge on any atom is -0.494 e. The number of carboxylic acid groups (broad SMARTS) is 1. The third-order valence-electron chi connectivity index (χ3n) is 2.69. The van der Waals surface area contributed by atoms with Crippen LogP contribution in [0.3, 0.4) is 0 Å². The van der Waals surface area contributed by atoms with Crippen molar-refractivity contribution < 1.29 is 14.6 Å². The zero-order valence-electron chi connectivity index (χ0n) is 11.5. The Morgan fingerprint density at radius 3 is 2.63 bits per heavy atom. The standard InChI is InChI=1S/C15H21NO3/c1-3-19-14-8-6-13(7-9-14)10-12-16(2)11-4-5-15(17)18/h4-9H,3,10-12H2,1-2H3,(H,17,18)/b5-4+. The maximum atomic E-state index is 10.3. The normalized spacial score (nSPS) is 11.1. The van der Waals surface area contributed by atoms with Gasteiger partial charge in [-0.3, -0.25) is 0 Å². The number of hydrogen-bond donors (Lipinski definition) is 1. The maximum absolute atomic E-state index is 10.3. The van der Waals surface area contributed by atoms with Gasteiger partial charge in [-0.15, -0.1) is 0 Å². The molecule has 4 nitrogen and oxygen atoms in total. The van der Waals surface area contributed by atoms with E-state index in [1.807, 2.05) is 26.1 Å². The molecule has 0 unspecified atom stereocenters. The molecule has 0 amide bonds. The monoisotopic (exact) mass is 263 g/mol. The van der Waals surface area contributed by atoms with Crippen molar-refractivity contribution in [2.75, 3.05) is 26.7 Å². The second-order valence-corrected chi connectivity index (χ2v) is 4.33. The molecule has 1 rings (SSSR count). The van der Waals surface area contributed by atoms with Gasteiger partial charge in [-0.05, 0) is 38.1 Å². The highest BCUT2D eigenvalue weighted by Gasteiger charge is 1.99. The number of carbonyl (C=O) groups is 1. The lowest BCUT2D eigenvalue weighted by Gasteiger charge is -2.14.